The number of carbonyl (C=O) groups excluding carboxylic acids is 1. The molecule has 2 nitrogen and oxygen atoms in total. The fraction of sp³-hybridized carbons (Fsp3) is 0.833. The molecule has 0 aliphatic heterocycles. The Balaban J connectivity index is 3.32. The van der Waals surface area contributed by atoms with E-state index in [1.165, 1.54) is 0 Å². The molecule has 2 heteroatoms. The van der Waals surface area contributed by atoms with Gasteiger partial charge in [-0.15, -0.1) is 0 Å². The van der Waals surface area contributed by atoms with Crippen LogP contribution >= 0.6 is 0 Å². The zero-order valence-corrected chi connectivity index (χ0v) is 5.60. The molecule has 0 aromatic carbocycles. The van der Waals surface area contributed by atoms with Crippen molar-refractivity contribution in [2.24, 2.45) is 5.92 Å². The number of carbonyl (C=O) groups is 1. The Morgan fingerprint density at radius 3 is 2.38 bits per heavy atom. The van der Waals surface area contributed by atoms with Crippen molar-refractivity contribution in [3.63, 3.8) is 0 Å². The van der Waals surface area contributed by atoms with Gasteiger partial charge in [0.05, 0.1) is 6.61 Å². The van der Waals surface area contributed by atoms with Gasteiger partial charge in [-0.1, -0.05) is 6.92 Å². The standard InChI is InChI=1S/C6H12O2/c1-5(4-8-3)6(2)7/h5H,4H2,1-3H3/t5-/m1/s1. The summed E-state index contributed by atoms with van der Waals surface area (Å²) in [4.78, 5) is 10.5. The summed E-state index contributed by atoms with van der Waals surface area (Å²) in [7, 11) is 1.60. The second kappa shape index (κ2) is 3.61. The summed E-state index contributed by atoms with van der Waals surface area (Å²) in [5.74, 6) is 0.242. The molecule has 1 atom stereocenters. The number of hydrogen-bond acceptors (Lipinski definition) is 2. The van der Waals surface area contributed by atoms with Crippen molar-refractivity contribution in [3.8, 4) is 0 Å². The van der Waals surface area contributed by atoms with Gasteiger partial charge in [0.25, 0.3) is 0 Å². The Morgan fingerprint density at radius 2 is 2.25 bits per heavy atom. The largest absolute Gasteiger partial charge is 0.384 e. The molecule has 0 saturated carbocycles. The van der Waals surface area contributed by atoms with E-state index in [9.17, 15) is 4.79 Å². The lowest BCUT2D eigenvalue weighted by Crippen LogP contribution is -2.11. The number of ketones is 1. The first-order valence-corrected chi connectivity index (χ1v) is 2.68. The second-order valence-corrected chi connectivity index (χ2v) is 1.97. The van der Waals surface area contributed by atoms with Crippen LogP contribution in [0.5, 0.6) is 0 Å². The number of hydrogen-bond donors (Lipinski definition) is 0. The SMILES string of the molecule is COC[C@@H](C)C(C)=O. The first-order valence-electron chi connectivity index (χ1n) is 2.68. The number of ether oxygens (including phenoxy) is 1. The van der Waals surface area contributed by atoms with E-state index in [1.54, 1.807) is 14.0 Å². The summed E-state index contributed by atoms with van der Waals surface area (Å²) in [6.07, 6.45) is 0. The maximum Gasteiger partial charge on any atom is 0.134 e. The first kappa shape index (κ1) is 7.63. The fourth-order valence-electron chi connectivity index (χ4n) is 0.367. The van der Waals surface area contributed by atoms with Crippen molar-refractivity contribution in [3.05, 3.63) is 0 Å². The first-order chi connectivity index (χ1) is 3.68. The van der Waals surface area contributed by atoms with Crippen LogP contribution in [0.15, 0.2) is 0 Å². The van der Waals surface area contributed by atoms with Gasteiger partial charge in [0, 0.05) is 13.0 Å². The average Bonchev–Trinajstić information content (AvgIpc) is 1.67. The molecule has 0 fully saturated rings. The van der Waals surface area contributed by atoms with Crippen LogP contribution < -0.4 is 0 Å². The predicted molar refractivity (Wildman–Crippen MR) is 31.7 cm³/mol. The third kappa shape index (κ3) is 2.75. The van der Waals surface area contributed by atoms with Crippen LogP contribution in [0.4, 0.5) is 0 Å². The highest BCUT2D eigenvalue weighted by atomic mass is 16.5. The molecule has 0 rings (SSSR count). The summed E-state index contributed by atoms with van der Waals surface area (Å²) >= 11 is 0. The van der Waals surface area contributed by atoms with Gasteiger partial charge in [0.1, 0.15) is 5.78 Å². The molecule has 0 radical (unpaired) electrons. The maximum atomic E-state index is 10.5. The molecule has 8 heavy (non-hydrogen) atoms. The van der Waals surface area contributed by atoms with Crippen LogP contribution in [0, 0.1) is 5.92 Å². The van der Waals surface area contributed by atoms with Gasteiger partial charge in [-0.05, 0) is 6.92 Å². The third-order valence-corrected chi connectivity index (χ3v) is 1.11. The van der Waals surface area contributed by atoms with E-state index in [0.717, 1.165) is 0 Å². The molecule has 0 aliphatic carbocycles. The Morgan fingerprint density at radius 1 is 1.75 bits per heavy atom. The number of rotatable bonds is 3. The van der Waals surface area contributed by atoms with Crippen molar-refractivity contribution in [1.29, 1.82) is 0 Å². The zero-order valence-electron chi connectivity index (χ0n) is 5.60. The van der Waals surface area contributed by atoms with Crippen LogP contribution in [0.1, 0.15) is 13.8 Å². The number of methoxy groups -OCH3 is 1. The predicted octanol–water partition coefficient (Wildman–Crippen LogP) is 0.858. The lowest BCUT2D eigenvalue weighted by molar-refractivity contribution is -0.121. The summed E-state index contributed by atoms with van der Waals surface area (Å²) in [6.45, 7) is 3.96. The minimum Gasteiger partial charge on any atom is -0.384 e. The van der Waals surface area contributed by atoms with E-state index in [0.29, 0.717) is 6.61 Å². The zero-order chi connectivity index (χ0) is 6.57. The minimum absolute atomic E-state index is 0.0556. The lowest BCUT2D eigenvalue weighted by Gasteiger charge is -2.02. The van der Waals surface area contributed by atoms with Gasteiger partial charge in [-0.3, -0.25) is 4.79 Å². The second-order valence-electron chi connectivity index (χ2n) is 1.97. The maximum absolute atomic E-state index is 10.5. The molecule has 0 aromatic heterocycles. The fourth-order valence-corrected chi connectivity index (χ4v) is 0.367. The number of Topliss-reactive ketones (excluding diaryl/α,β-unsaturated/α-hetero) is 1. The van der Waals surface area contributed by atoms with Gasteiger partial charge < -0.3 is 4.74 Å². The van der Waals surface area contributed by atoms with E-state index in [4.69, 9.17) is 4.74 Å². The molecule has 0 aliphatic rings. The highest BCUT2D eigenvalue weighted by Gasteiger charge is 2.04. The van der Waals surface area contributed by atoms with Crippen molar-refractivity contribution in [2.75, 3.05) is 13.7 Å². The molecular formula is C6H12O2. The molecule has 0 N–H and O–H groups in total. The van der Waals surface area contributed by atoms with Crippen molar-refractivity contribution < 1.29 is 9.53 Å². The summed E-state index contributed by atoms with van der Waals surface area (Å²) in [5, 5.41) is 0. The minimum atomic E-state index is 0.0556. The summed E-state index contributed by atoms with van der Waals surface area (Å²) in [5.41, 5.74) is 0. The molecule has 0 bridgehead atoms. The van der Waals surface area contributed by atoms with Gasteiger partial charge in [-0.2, -0.15) is 0 Å². The lowest BCUT2D eigenvalue weighted by atomic mass is 10.1. The van der Waals surface area contributed by atoms with E-state index < -0.39 is 0 Å². The summed E-state index contributed by atoms with van der Waals surface area (Å²) < 4.78 is 4.74. The summed E-state index contributed by atoms with van der Waals surface area (Å²) in [6, 6.07) is 0. The molecular weight excluding hydrogens is 104 g/mol. The van der Waals surface area contributed by atoms with Crippen LogP contribution in [-0.2, 0) is 9.53 Å². The highest BCUT2D eigenvalue weighted by Crippen LogP contribution is 1.94. The molecule has 0 amide bonds. The molecule has 0 spiro atoms. The van der Waals surface area contributed by atoms with Crippen molar-refractivity contribution in [2.45, 2.75) is 13.8 Å². The topological polar surface area (TPSA) is 26.3 Å². The van der Waals surface area contributed by atoms with E-state index in [1.807, 2.05) is 6.92 Å². The normalized spacial score (nSPS) is 13.4. The van der Waals surface area contributed by atoms with Crippen molar-refractivity contribution >= 4 is 5.78 Å². The quantitative estimate of drug-likeness (QED) is 0.546. The van der Waals surface area contributed by atoms with Gasteiger partial charge in [0.2, 0.25) is 0 Å². The monoisotopic (exact) mass is 116 g/mol. The Bertz CT molecular complexity index is 78.6. The third-order valence-electron chi connectivity index (χ3n) is 1.11. The van der Waals surface area contributed by atoms with Crippen LogP contribution in [0.3, 0.4) is 0 Å². The van der Waals surface area contributed by atoms with E-state index in [2.05, 4.69) is 0 Å². The van der Waals surface area contributed by atoms with Gasteiger partial charge in [-0.25, -0.2) is 0 Å². The molecule has 0 heterocycles. The molecule has 0 saturated heterocycles. The Labute approximate surface area is 49.8 Å². The van der Waals surface area contributed by atoms with Crippen molar-refractivity contribution in [1.82, 2.24) is 0 Å². The van der Waals surface area contributed by atoms with Gasteiger partial charge >= 0.3 is 0 Å². The van der Waals surface area contributed by atoms with Gasteiger partial charge in [0.15, 0.2) is 0 Å². The van der Waals surface area contributed by atoms with Crippen LogP contribution in [0.25, 0.3) is 0 Å². The Kier molecular flexibility index (Phi) is 3.44. The van der Waals surface area contributed by atoms with Crippen LogP contribution in [0.2, 0.25) is 0 Å². The van der Waals surface area contributed by atoms with Crippen LogP contribution in [-0.4, -0.2) is 19.5 Å². The highest BCUT2D eigenvalue weighted by molar-refractivity contribution is 5.77. The molecule has 0 unspecified atom stereocenters. The molecule has 48 valence electrons. The molecule has 0 aromatic rings. The Hall–Kier alpha value is -0.370. The van der Waals surface area contributed by atoms with E-state index >= 15 is 0 Å². The average molecular weight is 116 g/mol. The smallest absolute Gasteiger partial charge is 0.134 e. The van der Waals surface area contributed by atoms with E-state index in [-0.39, 0.29) is 11.7 Å².